The van der Waals surface area contributed by atoms with E-state index in [1.54, 1.807) is 6.92 Å². The van der Waals surface area contributed by atoms with Gasteiger partial charge in [0.1, 0.15) is 11.4 Å². The highest BCUT2D eigenvalue weighted by atomic mass is 32.1. The molecule has 0 spiro atoms. The summed E-state index contributed by atoms with van der Waals surface area (Å²) >= 11 is 1.39. The minimum atomic E-state index is -0.394. The van der Waals surface area contributed by atoms with Crippen LogP contribution in [0.4, 0.5) is 5.69 Å². The third kappa shape index (κ3) is 3.56. The van der Waals surface area contributed by atoms with Crippen LogP contribution < -0.4 is 15.6 Å². The molecule has 2 heterocycles. The zero-order chi connectivity index (χ0) is 18.0. The minimum Gasteiger partial charge on any atom is -0.484 e. The molecule has 0 unspecified atom stereocenters. The molecule has 2 aromatic heterocycles. The molecule has 0 saturated carbocycles. The summed E-state index contributed by atoms with van der Waals surface area (Å²) in [7, 11) is 0. The first-order valence-corrected chi connectivity index (χ1v) is 8.86. The summed E-state index contributed by atoms with van der Waals surface area (Å²) in [5, 5.41) is 4.48. The Hall–Kier alpha value is -2.67. The van der Waals surface area contributed by atoms with E-state index < -0.39 is 5.91 Å². The maximum atomic E-state index is 12.6. The van der Waals surface area contributed by atoms with Crippen LogP contribution in [-0.4, -0.2) is 21.9 Å². The Morgan fingerprint density at radius 2 is 2.00 bits per heavy atom. The molecule has 0 fully saturated rings. The van der Waals surface area contributed by atoms with E-state index in [0.717, 1.165) is 12.1 Å². The van der Waals surface area contributed by atoms with Gasteiger partial charge in [0.2, 0.25) is 0 Å². The average molecular weight is 357 g/mol. The predicted octanol–water partition coefficient (Wildman–Crippen LogP) is 2.95. The summed E-state index contributed by atoms with van der Waals surface area (Å²) in [4.78, 5) is 29.7. The number of nitrogens with one attached hydrogen (secondary N) is 1. The summed E-state index contributed by atoms with van der Waals surface area (Å²) in [6.07, 6.45) is 0.946. The fraction of sp³-hybridized carbons (Fsp3) is 0.278. The first kappa shape index (κ1) is 17.2. The fourth-order valence-electron chi connectivity index (χ4n) is 2.47. The molecule has 6 nitrogen and oxygen atoms in total. The molecule has 0 aliphatic carbocycles. The molecule has 0 atom stereocenters. The van der Waals surface area contributed by atoms with Gasteiger partial charge in [-0.1, -0.05) is 19.1 Å². The molecule has 7 heteroatoms. The van der Waals surface area contributed by atoms with Crippen molar-refractivity contribution in [1.29, 1.82) is 0 Å². The lowest BCUT2D eigenvalue weighted by atomic mass is 10.2. The average Bonchev–Trinajstić information content (AvgIpc) is 2.98. The Morgan fingerprint density at radius 3 is 2.68 bits per heavy atom. The number of hydrogen-bond donors (Lipinski definition) is 1. The number of carbonyl (C=O) groups excluding carboxylic acids is 1. The zero-order valence-corrected chi connectivity index (χ0v) is 15.1. The second-order valence-electron chi connectivity index (χ2n) is 5.71. The molecule has 1 aromatic carbocycles. The van der Waals surface area contributed by atoms with Crippen molar-refractivity contribution in [1.82, 2.24) is 9.38 Å². The molecule has 0 saturated heterocycles. The van der Waals surface area contributed by atoms with E-state index in [4.69, 9.17) is 4.74 Å². The number of thiazole rings is 1. The van der Waals surface area contributed by atoms with Gasteiger partial charge in [0, 0.05) is 11.1 Å². The van der Waals surface area contributed by atoms with Crippen molar-refractivity contribution < 1.29 is 9.53 Å². The van der Waals surface area contributed by atoms with E-state index in [9.17, 15) is 9.59 Å². The van der Waals surface area contributed by atoms with Gasteiger partial charge >= 0.3 is 0 Å². The molecule has 25 heavy (non-hydrogen) atoms. The first-order chi connectivity index (χ1) is 12.0. The first-order valence-electron chi connectivity index (χ1n) is 7.98. The van der Waals surface area contributed by atoms with Gasteiger partial charge in [-0.15, -0.1) is 11.3 Å². The molecule has 1 N–H and O–H groups in total. The Balaban J connectivity index is 1.73. The normalized spacial score (nSPS) is 10.8. The van der Waals surface area contributed by atoms with Gasteiger partial charge < -0.3 is 10.1 Å². The Kier molecular flexibility index (Phi) is 4.85. The number of rotatable bonds is 5. The number of aryl methyl sites for hydroxylation is 3. The number of anilines is 1. The van der Waals surface area contributed by atoms with Gasteiger partial charge in [-0.2, -0.15) is 0 Å². The summed E-state index contributed by atoms with van der Waals surface area (Å²) in [6.45, 7) is 5.44. The number of fused-ring (bicyclic) bond motifs is 1. The van der Waals surface area contributed by atoms with Crippen molar-refractivity contribution in [2.24, 2.45) is 0 Å². The van der Waals surface area contributed by atoms with Crippen LogP contribution >= 0.6 is 11.3 Å². The standard InChI is InChI=1S/C18H19N3O3S/c1-4-13-5-7-14(8-6-13)24-9-15(22)20-16-12(3)19-18-21(17(16)23)11(2)10-25-18/h5-8,10H,4,9H2,1-3H3,(H,20,22). The van der Waals surface area contributed by atoms with Gasteiger partial charge in [0.05, 0.1) is 5.69 Å². The number of ether oxygens (including phenoxy) is 1. The second kappa shape index (κ2) is 7.06. The SMILES string of the molecule is CCc1ccc(OCC(=O)Nc2c(C)nc3scc(C)n3c2=O)cc1. The molecule has 3 aromatic rings. The molecule has 1 amide bonds. The third-order valence-electron chi connectivity index (χ3n) is 3.89. The Morgan fingerprint density at radius 1 is 1.28 bits per heavy atom. The van der Waals surface area contributed by atoms with Crippen LogP contribution in [0.3, 0.4) is 0 Å². The number of benzene rings is 1. The Labute approximate surface area is 149 Å². The van der Waals surface area contributed by atoms with Gasteiger partial charge in [0.25, 0.3) is 11.5 Å². The molecule has 0 radical (unpaired) electrons. The van der Waals surface area contributed by atoms with Gasteiger partial charge in [-0.3, -0.25) is 14.0 Å². The van der Waals surface area contributed by atoms with E-state index in [0.29, 0.717) is 16.4 Å². The lowest BCUT2D eigenvalue weighted by Crippen LogP contribution is -2.28. The van der Waals surface area contributed by atoms with Gasteiger partial charge in [-0.25, -0.2) is 4.98 Å². The molecule has 3 rings (SSSR count). The minimum absolute atomic E-state index is 0.171. The molecular formula is C18H19N3O3S. The lowest BCUT2D eigenvalue weighted by molar-refractivity contribution is -0.118. The van der Waals surface area contributed by atoms with E-state index in [1.165, 1.54) is 21.3 Å². The smallest absolute Gasteiger partial charge is 0.282 e. The quantitative estimate of drug-likeness (QED) is 0.762. The summed E-state index contributed by atoms with van der Waals surface area (Å²) < 4.78 is 6.97. The summed E-state index contributed by atoms with van der Waals surface area (Å²) in [5.41, 5.74) is 2.40. The summed E-state index contributed by atoms with van der Waals surface area (Å²) in [5.74, 6) is 0.220. The van der Waals surface area contributed by atoms with Crippen LogP contribution in [0.2, 0.25) is 0 Å². The monoisotopic (exact) mass is 357 g/mol. The topological polar surface area (TPSA) is 72.7 Å². The van der Waals surface area contributed by atoms with Crippen LogP contribution in [0.15, 0.2) is 34.4 Å². The van der Waals surface area contributed by atoms with Gasteiger partial charge in [0.15, 0.2) is 11.6 Å². The largest absolute Gasteiger partial charge is 0.484 e. The number of hydrogen-bond acceptors (Lipinski definition) is 5. The maximum absolute atomic E-state index is 12.6. The number of carbonyl (C=O) groups is 1. The highest BCUT2D eigenvalue weighted by Crippen LogP contribution is 2.16. The molecule has 0 aliphatic rings. The Bertz CT molecular complexity index is 974. The van der Waals surface area contributed by atoms with Crippen molar-refractivity contribution in [2.75, 3.05) is 11.9 Å². The van der Waals surface area contributed by atoms with Crippen LogP contribution in [0.5, 0.6) is 5.75 Å². The molecule has 0 aliphatic heterocycles. The van der Waals surface area contributed by atoms with E-state index >= 15 is 0 Å². The van der Waals surface area contributed by atoms with E-state index in [-0.39, 0.29) is 17.9 Å². The van der Waals surface area contributed by atoms with Crippen molar-refractivity contribution >= 4 is 27.9 Å². The molecule has 0 bridgehead atoms. The molecular weight excluding hydrogens is 338 g/mol. The van der Waals surface area contributed by atoms with Crippen LogP contribution in [0.1, 0.15) is 23.9 Å². The molecule has 130 valence electrons. The third-order valence-corrected chi connectivity index (χ3v) is 4.83. The van der Waals surface area contributed by atoms with Crippen molar-refractivity contribution in [3.8, 4) is 5.75 Å². The van der Waals surface area contributed by atoms with Crippen molar-refractivity contribution in [3.05, 3.63) is 57.0 Å². The van der Waals surface area contributed by atoms with Crippen LogP contribution in [0, 0.1) is 13.8 Å². The van der Waals surface area contributed by atoms with Crippen LogP contribution in [0.25, 0.3) is 4.96 Å². The highest BCUT2D eigenvalue weighted by molar-refractivity contribution is 7.15. The number of nitrogens with zero attached hydrogens (tertiary/aromatic N) is 2. The lowest BCUT2D eigenvalue weighted by Gasteiger charge is -2.09. The van der Waals surface area contributed by atoms with E-state index in [1.807, 2.05) is 36.6 Å². The zero-order valence-electron chi connectivity index (χ0n) is 14.3. The highest BCUT2D eigenvalue weighted by Gasteiger charge is 2.15. The maximum Gasteiger partial charge on any atom is 0.282 e. The van der Waals surface area contributed by atoms with Crippen molar-refractivity contribution in [3.63, 3.8) is 0 Å². The number of amides is 1. The fourth-order valence-corrected chi connectivity index (χ4v) is 3.38. The summed E-state index contributed by atoms with van der Waals surface area (Å²) in [6, 6.07) is 7.57. The second-order valence-corrected chi connectivity index (χ2v) is 6.54. The predicted molar refractivity (Wildman–Crippen MR) is 98.8 cm³/mol. The van der Waals surface area contributed by atoms with E-state index in [2.05, 4.69) is 17.2 Å². The van der Waals surface area contributed by atoms with Crippen LogP contribution in [-0.2, 0) is 11.2 Å². The van der Waals surface area contributed by atoms with Gasteiger partial charge in [-0.05, 0) is 38.0 Å². The van der Waals surface area contributed by atoms with Crippen molar-refractivity contribution in [2.45, 2.75) is 27.2 Å². The number of aromatic nitrogens is 2.